The Labute approximate surface area is 128 Å². The minimum absolute atomic E-state index is 0.255. The van der Waals surface area contributed by atoms with E-state index in [1.165, 1.54) is 0 Å². The highest BCUT2D eigenvalue weighted by Gasteiger charge is 2.19. The molecule has 21 heavy (non-hydrogen) atoms. The average molecular weight is 296 g/mol. The van der Waals surface area contributed by atoms with Crippen molar-refractivity contribution in [3.05, 3.63) is 23.3 Å². The van der Waals surface area contributed by atoms with E-state index in [1.54, 1.807) is 6.92 Å². The Bertz CT molecular complexity index is 403. The van der Waals surface area contributed by atoms with Crippen LogP contribution in [0.5, 0.6) is 0 Å². The van der Waals surface area contributed by atoms with E-state index in [1.807, 2.05) is 46.8 Å². The lowest BCUT2D eigenvalue weighted by molar-refractivity contribution is -0.143. The maximum atomic E-state index is 12.1. The van der Waals surface area contributed by atoms with E-state index in [0.29, 0.717) is 30.8 Å². The van der Waals surface area contributed by atoms with Crippen molar-refractivity contribution in [3.63, 3.8) is 0 Å². The summed E-state index contributed by atoms with van der Waals surface area (Å²) in [6.07, 6.45) is 4.03. The fourth-order valence-corrected chi connectivity index (χ4v) is 1.43. The van der Waals surface area contributed by atoms with Crippen LogP contribution in [0.1, 0.15) is 48.0 Å². The highest BCUT2D eigenvalue weighted by molar-refractivity contribution is 6.00. The molecule has 4 nitrogen and oxygen atoms in total. The van der Waals surface area contributed by atoms with Crippen LogP contribution in [0.25, 0.3) is 0 Å². The van der Waals surface area contributed by atoms with Gasteiger partial charge in [-0.1, -0.05) is 39.8 Å². The third kappa shape index (κ3) is 8.33. The van der Waals surface area contributed by atoms with Crippen LogP contribution in [0.4, 0.5) is 0 Å². The van der Waals surface area contributed by atoms with Gasteiger partial charge in [-0.3, -0.25) is 0 Å². The summed E-state index contributed by atoms with van der Waals surface area (Å²) in [6, 6.07) is 0. The number of hydrogen-bond acceptors (Lipinski definition) is 4. The second-order valence-electron chi connectivity index (χ2n) is 5.86. The van der Waals surface area contributed by atoms with Gasteiger partial charge in [-0.2, -0.15) is 0 Å². The van der Waals surface area contributed by atoms with Crippen LogP contribution in [-0.4, -0.2) is 25.2 Å². The Hall–Kier alpha value is -1.58. The molecule has 0 aliphatic carbocycles. The molecule has 0 bridgehead atoms. The first-order valence-electron chi connectivity index (χ1n) is 7.44. The van der Waals surface area contributed by atoms with E-state index in [4.69, 9.17) is 9.47 Å². The molecule has 0 heterocycles. The molecule has 0 saturated carbocycles. The maximum Gasteiger partial charge on any atom is 0.334 e. The summed E-state index contributed by atoms with van der Waals surface area (Å²) in [5, 5.41) is 0. The molecule has 0 spiro atoms. The van der Waals surface area contributed by atoms with Gasteiger partial charge < -0.3 is 9.47 Å². The minimum Gasteiger partial charge on any atom is -0.462 e. The largest absolute Gasteiger partial charge is 0.462 e. The van der Waals surface area contributed by atoms with Crippen LogP contribution in [0.15, 0.2) is 23.3 Å². The first-order valence-corrected chi connectivity index (χ1v) is 7.44. The molecule has 0 radical (unpaired) electrons. The van der Waals surface area contributed by atoms with Crippen molar-refractivity contribution in [2.75, 3.05) is 13.2 Å². The number of rotatable bonds is 8. The molecular weight excluding hydrogens is 268 g/mol. The zero-order valence-electron chi connectivity index (χ0n) is 14.1. The molecule has 0 rings (SSSR count). The standard InChI is InChI=1S/C17H28O4/c1-7-8-9-15(17(19)21-11-13(4)5)14(6)16(18)20-10-12(2)3/h7-8,12-13H,9-11H2,1-6H3. The predicted octanol–water partition coefficient (Wildman–Crippen LogP) is 3.67. The minimum atomic E-state index is -0.454. The molecule has 120 valence electrons. The second kappa shape index (κ2) is 10.2. The van der Waals surface area contributed by atoms with Gasteiger partial charge in [-0.25, -0.2) is 9.59 Å². The van der Waals surface area contributed by atoms with E-state index in [2.05, 4.69) is 0 Å². The number of hydrogen-bond donors (Lipinski definition) is 0. The van der Waals surface area contributed by atoms with Crippen LogP contribution in [0.3, 0.4) is 0 Å². The molecule has 0 fully saturated rings. The SMILES string of the molecule is CC=CCC(C(=O)OCC(C)C)=C(C)C(=O)OCC(C)C. The summed E-state index contributed by atoms with van der Waals surface area (Å²) in [6.45, 7) is 12.0. The normalized spacial score (nSPS) is 12.8. The fraction of sp³-hybridized carbons (Fsp3) is 0.647. The number of esters is 2. The van der Waals surface area contributed by atoms with Crippen LogP contribution >= 0.6 is 0 Å². The molecule has 0 aliphatic rings. The van der Waals surface area contributed by atoms with Gasteiger partial charge in [0, 0.05) is 5.57 Å². The van der Waals surface area contributed by atoms with Gasteiger partial charge in [0.25, 0.3) is 0 Å². The Morgan fingerprint density at radius 1 is 0.952 bits per heavy atom. The predicted molar refractivity (Wildman–Crippen MR) is 83.7 cm³/mol. The third-order valence-corrected chi connectivity index (χ3v) is 2.66. The Morgan fingerprint density at radius 3 is 1.86 bits per heavy atom. The fourth-order valence-electron chi connectivity index (χ4n) is 1.43. The average Bonchev–Trinajstić information content (AvgIpc) is 2.42. The summed E-state index contributed by atoms with van der Waals surface area (Å²) < 4.78 is 10.4. The van der Waals surface area contributed by atoms with Gasteiger partial charge in [0.1, 0.15) is 0 Å². The first kappa shape index (κ1) is 19.4. The van der Waals surface area contributed by atoms with E-state index in [-0.39, 0.29) is 11.8 Å². The van der Waals surface area contributed by atoms with E-state index in [9.17, 15) is 9.59 Å². The molecule has 0 atom stereocenters. The molecule has 0 aromatic carbocycles. The molecule has 0 N–H and O–H groups in total. The van der Waals surface area contributed by atoms with Crippen LogP contribution in [0, 0.1) is 11.8 Å². The summed E-state index contributed by atoms with van der Waals surface area (Å²) >= 11 is 0. The number of carbonyl (C=O) groups is 2. The lowest BCUT2D eigenvalue weighted by Gasteiger charge is -2.13. The van der Waals surface area contributed by atoms with E-state index >= 15 is 0 Å². The van der Waals surface area contributed by atoms with Gasteiger partial charge in [-0.05, 0) is 32.1 Å². The van der Waals surface area contributed by atoms with Crippen molar-refractivity contribution in [1.82, 2.24) is 0 Å². The molecule has 0 saturated heterocycles. The lowest BCUT2D eigenvalue weighted by atomic mass is 10.1. The first-order chi connectivity index (χ1) is 9.79. The quantitative estimate of drug-likeness (QED) is 0.389. The molecule has 0 aliphatic heterocycles. The second-order valence-corrected chi connectivity index (χ2v) is 5.86. The van der Waals surface area contributed by atoms with Crippen molar-refractivity contribution >= 4 is 11.9 Å². The molecule has 0 aromatic heterocycles. The number of allylic oxidation sites excluding steroid dienone is 2. The monoisotopic (exact) mass is 296 g/mol. The highest BCUT2D eigenvalue weighted by Crippen LogP contribution is 2.15. The van der Waals surface area contributed by atoms with Gasteiger partial charge in [-0.15, -0.1) is 0 Å². The summed E-state index contributed by atoms with van der Waals surface area (Å²) in [7, 11) is 0. The summed E-state index contributed by atoms with van der Waals surface area (Å²) in [5.41, 5.74) is 0.685. The lowest BCUT2D eigenvalue weighted by Crippen LogP contribution is -2.18. The summed E-state index contributed by atoms with van der Waals surface area (Å²) in [5.74, 6) is -0.385. The number of carbonyl (C=O) groups excluding carboxylic acids is 2. The van der Waals surface area contributed by atoms with Crippen LogP contribution in [-0.2, 0) is 19.1 Å². The highest BCUT2D eigenvalue weighted by atomic mass is 16.5. The third-order valence-electron chi connectivity index (χ3n) is 2.66. The zero-order valence-corrected chi connectivity index (χ0v) is 14.1. The number of ether oxygens (including phenoxy) is 2. The van der Waals surface area contributed by atoms with Gasteiger partial charge in [0.2, 0.25) is 0 Å². The van der Waals surface area contributed by atoms with Gasteiger partial charge in [0.15, 0.2) is 0 Å². The topological polar surface area (TPSA) is 52.6 Å². The van der Waals surface area contributed by atoms with Crippen LogP contribution < -0.4 is 0 Å². The van der Waals surface area contributed by atoms with Crippen molar-refractivity contribution in [2.45, 2.75) is 48.0 Å². The maximum absolute atomic E-state index is 12.1. The van der Waals surface area contributed by atoms with Crippen molar-refractivity contribution in [1.29, 1.82) is 0 Å². The van der Waals surface area contributed by atoms with Gasteiger partial charge in [0.05, 0.1) is 18.8 Å². The van der Waals surface area contributed by atoms with E-state index < -0.39 is 11.9 Å². The van der Waals surface area contributed by atoms with Crippen molar-refractivity contribution in [3.8, 4) is 0 Å². The van der Waals surface area contributed by atoms with E-state index in [0.717, 1.165) is 0 Å². The molecular formula is C17H28O4. The zero-order chi connectivity index (χ0) is 16.4. The van der Waals surface area contributed by atoms with Crippen molar-refractivity contribution in [2.24, 2.45) is 11.8 Å². The molecule has 0 amide bonds. The Balaban J connectivity index is 5.02. The van der Waals surface area contributed by atoms with Gasteiger partial charge >= 0.3 is 11.9 Å². The molecule has 0 aromatic rings. The van der Waals surface area contributed by atoms with Crippen molar-refractivity contribution < 1.29 is 19.1 Å². The van der Waals surface area contributed by atoms with Crippen LogP contribution in [0.2, 0.25) is 0 Å². The Morgan fingerprint density at radius 2 is 1.43 bits per heavy atom. The molecule has 4 heteroatoms. The Kier molecular flexibility index (Phi) is 9.42. The molecule has 0 unspecified atom stereocenters. The summed E-state index contributed by atoms with van der Waals surface area (Å²) in [4.78, 5) is 24.1. The smallest absolute Gasteiger partial charge is 0.334 e.